The second-order valence-corrected chi connectivity index (χ2v) is 4.16. The molecule has 0 amide bonds. The summed E-state index contributed by atoms with van der Waals surface area (Å²) in [5, 5.41) is 18.0. The Morgan fingerprint density at radius 3 is 3.06 bits per heavy atom. The van der Waals surface area contributed by atoms with Crippen molar-refractivity contribution >= 4 is 11.8 Å². The summed E-state index contributed by atoms with van der Waals surface area (Å²) >= 11 is 0. The van der Waals surface area contributed by atoms with Crippen molar-refractivity contribution in [2.75, 3.05) is 11.4 Å². The number of anilines is 1. The number of pyridine rings is 1. The Morgan fingerprint density at radius 1 is 1.65 bits per heavy atom. The Labute approximate surface area is 99.3 Å². The standard InChI is InChI=1S/C12H13N3O2/c1-8-5-9(7-13)6-11(14-8)15-4-2-3-10(15)12(16)17/h5-6,10H,2-4H2,1H3,(H,16,17)/t10-/m0/s1. The molecule has 5 heteroatoms. The van der Waals surface area contributed by atoms with Crippen LogP contribution in [0.4, 0.5) is 5.82 Å². The molecule has 5 nitrogen and oxygen atoms in total. The zero-order valence-electron chi connectivity index (χ0n) is 9.55. The quantitative estimate of drug-likeness (QED) is 0.830. The number of aliphatic carboxylic acids is 1. The second kappa shape index (κ2) is 4.42. The Bertz CT molecular complexity index is 493. The molecule has 88 valence electrons. The monoisotopic (exact) mass is 231 g/mol. The van der Waals surface area contributed by atoms with Crippen molar-refractivity contribution in [3.63, 3.8) is 0 Å². The van der Waals surface area contributed by atoms with E-state index in [0.717, 1.165) is 12.1 Å². The molecule has 1 aromatic heterocycles. The number of rotatable bonds is 2. The highest BCUT2D eigenvalue weighted by Crippen LogP contribution is 2.25. The molecular weight excluding hydrogens is 218 g/mol. The van der Waals surface area contributed by atoms with E-state index in [1.54, 1.807) is 24.0 Å². The Hall–Kier alpha value is -2.09. The van der Waals surface area contributed by atoms with Gasteiger partial charge in [0.05, 0.1) is 11.6 Å². The molecule has 2 rings (SSSR count). The van der Waals surface area contributed by atoms with Crippen LogP contribution >= 0.6 is 0 Å². The number of aryl methyl sites for hydroxylation is 1. The highest BCUT2D eigenvalue weighted by molar-refractivity contribution is 5.78. The van der Waals surface area contributed by atoms with Gasteiger partial charge in [0.2, 0.25) is 0 Å². The fraction of sp³-hybridized carbons (Fsp3) is 0.417. The average Bonchev–Trinajstić information content (AvgIpc) is 2.77. The summed E-state index contributed by atoms with van der Waals surface area (Å²) < 4.78 is 0. The van der Waals surface area contributed by atoms with E-state index in [9.17, 15) is 4.79 Å². The second-order valence-electron chi connectivity index (χ2n) is 4.16. The van der Waals surface area contributed by atoms with E-state index in [4.69, 9.17) is 10.4 Å². The van der Waals surface area contributed by atoms with Gasteiger partial charge in [-0.15, -0.1) is 0 Å². The lowest BCUT2D eigenvalue weighted by atomic mass is 10.2. The third-order valence-electron chi connectivity index (χ3n) is 2.90. The maximum Gasteiger partial charge on any atom is 0.326 e. The van der Waals surface area contributed by atoms with Crippen LogP contribution in [0.1, 0.15) is 24.1 Å². The normalized spacial score (nSPS) is 19.1. The van der Waals surface area contributed by atoms with Crippen LogP contribution in [0.15, 0.2) is 12.1 Å². The number of hydrogen-bond acceptors (Lipinski definition) is 4. The van der Waals surface area contributed by atoms with Crippen LogP contribution in [0.5, 0.6) is 0 Å². The summed E-state index contributed by atoms with van der Waals surface area (Å²) in [7, 11) is 0. The molecule has 1 aromatic rings. The van der Waals surface area contributed by atoms with Gasteiger partial charge in [0.15, 0.2) is 0 Å². The van der Waals surface area contributed by atoms with Gasteiger partial charge in [-0.2, -0.15) is 5.26 Å². The van der Waals surface area contributed by atoms with E-state index in [2.05, 4.69) is 11.1 Å². The summed E-state index contributed by atoms with van der Waals surface area (Å²) in [6.45, 7) is 2.48. The van der Waals surface area contributed by atoms with E-state index < -0.39 is 12.0 Å². The zero-order valence-corrected chi connectivity index (χ0v) is 9.55. The molecule has 0 unspecified atom stereocenters. The van der Waals surface area contributed by atoms with Crippen LogP contribution in [0.3, 0.4) is 0 Å². The molecule has 1 saturated heterocycles. The number of nitrogens with zero attached hydrogens (tertiary/aromatic N) is 3. The number of carbonyl (C=O) groups is 1. The van der Waals surface area contributed by atoms with Crippen LogP contribution in [-0.2, 0) is 4.79 Å². The van der Waals surface area contributed by atoms with Crippen molar-refractivity contribution in [3.8, 4) is 6.07 Å². The van der Waals surface area contributed by atoms with Crippen molar-refractivity contribution in [2.45, 2.75) is 25.8 Å². The van der Waals surface area contributed by atoms with Crippen molar-refractivity contribution in [2.24, 2.45) is 0 Å². The van der Waals surface area contributed by atoms with Gasteiger partial charge in [-0.25, -0.2) is 9.78 Å². The van der Waals surface area contributed by atoms with Crippen LogP contribution < -0.4 is 4.90 Å². The van der Waals surface area contributed by atoms with Gasteiger partial charge in [-0.3, -0.25) is 0 Å². The Kier molecular flexibility index (Phi) is 2.96. The maximum absolute atomic E-state index is 11.1. The van der Waals surface area contributed by atoms with Crippen molar-refractivity contribution in [1.82, 2.24) is 4.98 Å². The third-order valence-corrected chi connectivity index (χ3v) is 2.90. The van der Waals surface area contributed by atoms with Crippen molar-refractivity contribution < 1.29 is 9.90 Å². The van der Waals surface area contributed by atoms with Crippen LogP contribution in [0, 0.1) is 18.3 Å². The lowest BCUT2D eigenvalue weighted by molar-refractivity contribution is -0.138. The highest BCUT2D eigenvalue weighted by atomic mass is 16.4. The summed E-state index contributed by atoms with van der Waals surface area (Å²) in [4.78, 5) is 17.2. The lowest BCUT2D eigenvalue weighted by Crippen LogP contribution is -2.36. The van der Waals surface area contributed by atoms with E-state index in [-0.39, 0.29) is 0 Å². The maximum atomic E-state index is 11.1. The first-order valence-corrected chi connectivity index (χ1v) is 5.50. The molecule has 0 radical (unpaired) electrons. The van der Waals surface area contributed by atoms with Crippen molar-refractivity contribution in [1.29, 1.82) is 5.26 Å². The Morgan fingerprint density at radius 2 is 2.41 bits per heavy atom. The summed E-state index contributed by atoms with van der Waals surface area (Å²) in [6, 6.07) is 4.88. The minimum atomic E-state index is -0.829. The van der Waals surface area contributed by atoms with E-state index in [0.29, 0.717) is 24.3 Å². The highest BCUT2D eigenvalue weighted by Gasteiger charge is 2.31. The summed E-state index contributed by atoms with van der Waals surface area (Å²) in [6.07, 6.45) is 1.47. The molecular formula is C12H13N3O2. The number of hydrogen-bond donors (Lipinski definition) is 1. The number of carboxylic acids is 1. The minimum absolute atomic E-state index is 0.517. The molecule has 1 N–H and O–H groups in total. The largest absolute Gasteiger partial charge is 0.480 e. The average molecular weight is 231 g/mol. The first kappa shape index (κ1) is 11.4. The molecule has 0 spiro atoms. The van der Waals surface area contributed by atoms with Crippen LogP contribution in [0.25, 0.3) is 0 Å². The molecule has 1 aliphatic heterocycles. The number of nitriles is 1. The van der Waals surface area contributed by atoms with Gasteiger partial charge in [0.1, 0.15) is 11.9 Å². The molecule has 0 aromatic carbocycles. The molecule has 0 aliphatic carbocycles. The molecule has 2 heterocycles. The number of aromatic nitrogens is 1. The lowest BCUT2D eigenvalue weighted by Gasteiger charge is -2.22. The molecule has 1 fully saturated rings. The minimum Gasteiger partial charge on any atom is -0.480 e. The Balaban J connectivity index is 2.37. The van der Waals surface area contributed by atoms with Gasteiger partial charge in [0, 0.05) is 12.2 Å². The van der Waals surface area contributed by atoms with E-state index in [1.165, 1.54) is 0 Å². The molecule has 0 bridgehead atoms. The molecule has 0 saturated carbocycles. The van der Waals surface area contributed by atoms with Gasteiger partial charge in [-0.05, 0) is 31.9 Å². The van der Waals surface area contributed by atoms with Gasteiger partial charge in [0.25, 0.3) is 0 Å². The van der Waals surface area contributed by atoms with E-state index in [1.807, 2.05) is 0 Å². The molecule has 1 atom stereocenters. The fourth-order valence-corrected chi connectivity index (χ4v) is 2.16. The topological polar surface area (TPSA) is 77.2 Å². The predicted molar refractivity (Wildman–Crippen MR) is 61.7 cm³/mol. The van der Waals surface area contributed by atoms with Gasteiger partial charge < -0.3 is 10.0 Å². The van der Waals surface area contributed by atoms with E-state index >= 15 is 0 Å². The SMILES string of the molecule is Cc1cc(C#N)cc(N2CCC[C@H]2C(=O)O)n1. The first-order valence-electron chi connectivity index (χ1n) is 5.50. The third kappa shape index (κ3) is 2.21. The van der Waals surface area contributed by atoms with Crippen molar-refractivity contribution in [3.05, 3.63) is 23.4 Å². The summed E-state index contributed by atoms with van der Waals surface area (Å²) in [5.41, 5.74) is 1.25. The van der Waals surface area contributed by atoms with Crippen LogP contribution in [-0.4, -0.2) is 28.6 Å². The zero-order chi connectivity index (χ0) is 12.4. The van der Waals surface area contributed by atoms with Gasteiger partial charge in [-0.1, -0.05) is 0 Å². The summed E-state index contributed by atoms with van der Waals surface area (Å²) in [5.74, 6) is -0.240. The predicted octanol–water partition coefficient (Wildman–Crippen LogP) is 1.32. The smallest absolute Gasteiger partial charge is 0.326 e. The van der Waals surface area contributed by atoms with Gasteiger partial charge >= 0.3 is 5.97 Å². The fourth-order valence-electron chi connectivity index (χ4n) is 2.16. The molecule has 17 heavy (non-hydrogen) atoms. The first-order chi connectivity index (χ1) is 8.11. The number of carboxylic acid groups (broad SMARTS) is 1. The molecule has 1 aliphatic rings. The van der Waals surface area contributed by atoms with Crippen LogP contribution in [0.2, 0.25) is 0 Å².